The Morgan fingerprint density at radius 3 is 2.78 bits per heavy atom. The number of rotatable bonds is 7. The lowest BCUT2D eigenvalue weighted by Gasteiger charge is -2.20. The van der Waals surface area contributed by atoms with E-state index in [4.69, 9.17) is 9.47 Å². The van der Waals surface area contributed by atoms with Gasteiger partial charge in [-0.15, -0.1) is 11.8 Å². The Morgan fingerprint density at radius 2 is 1.96 bits per heavy atom. The van der Waals surface area contributed by atoms with Crippen molar-refractivity contribution in [1.29, 1.82) is 0 Å². The number of nitrogens with zero attached hydrogens (tertiary/aromatic N) is 1. The molecule has 1 heterocycles. The normalized spacial score (nSPS) is 12.8. The van der Waals surface area contributed by atoms with Crippen LogP contribution in [0.1, 0.15) is 12.5 Å². The third-order valence-corrected chi connectivity index (χ3v) is 4.82. The summed E-state index contributed by atoms with van der Waals surface area (Å²) in [4.78, 5) is 3.05. The molecule has 0 aliphatic carbocycles. The van der Waals surface area contributed by atoms with E-state index >= 15 is 0 Å². The number of ether oxygens (including phenoxy) is 2. The molecule has 0 fully saturated rings. The smallest absolute Gasteiger partial charge is 0.231 e. The van der Waals surface area contributed by atoms with Gasteiger partial charge < -0.3 is 9.47 Å². The van der Waals surface area contributed by atoms with Crippen molar-refractivity contribution in [2.75, 3.05) is 25.6 Å². The van der Waals surface area contributed by atoms with Crippen LogP contribution >= 0.6 is 11.8 Å². The van der Waals surface area contributed by atoms with Crippen LogP contribution in [0.15, 0.2) is 47.4 Å². The van der Waals surface area contributed by atoms with Crippen LogP contribution in [0.3, 0.4) is 0 Å². The maximum absolute atomic E-state index is 13.6. The largest absolute Gasteiger partial charge is 0.454 e. The highest BCUT2D eigenvalue weighted by molar-refractivity contribution is 7.99. The van der Waals surface area contributed by atoms with Crippen LogP contribution in [0.25, 0.3) is 0 Å². The van der Waals surface area contributed by atoms with Crippen LogP contribution in [0.2, 0.25) is 0 Å². The summed E-state index contributed by atoms with van der Waals surface area (Å²) in [5.41, 5.74) is 1.20. The number of hydrogen-bond acceptors (Lipinski definition) is 4. The van der Waals surface area contributed by atoms with Gasteiger partial charge in [0.05, 0.1) is 0 Å². The van der Waals surface area contributed by atoms with E-state index in [1.54, 1.807) is 17.8 Å². The number of hydrogen-bond donors (Lipinski definition) is 0. The van der Waals surface area contributed by atoms with Gasteiger partial charge in [-0.3, -0.25) is 4.90 Å². The van der Waals surface area contributed by atoms with E-state index in [1.165, 1.54) is 11.6 Å². The Morgan fingerprint density at radius 1 is 1.13 bits per heavy atom. The molecule has 2 aromatic carbocycles. The quantitative estimate of drug-likeness (QED) is 0.709. The highest BCUT2D eigenvalue weighted by atomic mass is 32.2. The predicted octanol–water partition coefficient (Wildman–Crippen LogP) is 4.17. The van der Waals surface area contributed by atoms with Gasteiger partial charge in [0.2, 0.25) is 6.79 Å². The molecule has 3 rings (SSSR count). The van der Waals surface area contributed by atoms with Gasteiger partial charge in [0.1, 0.15) is 5.82 Å². The van der Waals surface area contributed by atoms with Crippen LogP contribution in [0.4, 0.5) is 4.39 Å². The van der Waals surface area contributed by atoms with Gasteiger partial charge >= 0.3 is 0 Å². The lowest BCUT2D eigenvalue weighted by molar-refractivity contribution is 0.174. The molecule has 0 radical (unpaired) electrons. The molecule has 0 unspecified atom stereocenters. The monoisotopic (exact) mass is 333 g/mol. The van der Waals surface area contributed by atoms with E-state index in [0.29, 0.717) is 11.7 Å². The highest BCUT2D eigenvalue weighted by Gasteiger charge is 2.14. The SMILES string of the molecule is CCN(CCSc1ccccc1F)Cc1ccc2c(c1)OCO2. The molecule has 1 aliphatic heterocycles. The maximum atomic E-state index is 13.6. The second-order valence-electron chi connectivity index (χ2n) is 5.34. The van der Waals surface area contributed by atoms with Crippen molar-refractivity contribution in [2.24, 2.45) is 0 Å². The number of halogens is 1. The number of fused-ring (bicyclic) bond motifs is 1. The van der Waals surface area contributed by atoms with Gasteiger partial charge in [0, 0.05) is 23.7 Å². The molecule has 0 aromatic heterocycles. The van der Waals surface area contributed by atoms with Crippen molar-refractivity contribution in [3.05, 3.63) is 53.8 Å². The summed E-state index contributed by atoms with van der Waals surface area (Å²) in [5.74, 6) is 2.35. The van der Waals surface area contributed by atoms with Crippen molar-refractivity contribution in [3.8, 4) is 11.5 Å². The second kappa shape index (κ2) is 7.70. The van der Waals surface area contributed by atoms with Gasteiger partial charge in [-0.05, 0) is 36.4 Å². The average molecular weight is 333 g/mol. The van der Waals surface area contributed by atoms with Crippen LogP contribution in [0.5, 0.6) is 11.5 Å². The molecule has 5 heteroatoms. The van der Waals surface area contributed by atoms with Crippen LogP contribution in [-0.4, -0.2) is 30.5 Å². The summed E-state index contributed by atoms with van der Waals surface area (Å²) in [7, 11) is 0. The minimum Gasteiger partial charge on any atom is -0.454 e. The topological polar surface area (TPSA) is 21.7 Å². The Bertz CT molecular complexity index is 665. The average Bonchev–Trinajstić information content (AvgIpc) is 3.03. The second-order valence-corrected chi connectivity index (χ2v) is 6.47. The Hall–Kier alpha value is -1.72. The third kappa shape index (κ3) is 4.18. The van der Waals surface area contributed by atoms with Crippen LogP contribution in [-0.2, 0) is 6.54 Å². The first kappa shape index (κ1) is 16.1. The molecule has 0 amide bonds. The van der Waals surface area contributed by atoms with Gasteiger partial charge in [-0.2, -0.15) is 0 Å². The van der Waals surface area contributed by atoms with E-state index in [-0.39, 0.29) is 5.82 Å². The first-order valence-corrected chi connectivity index (χ1v) is 8.73. The van der Waals surface area contributed by atoms with Crippen molar-refractivity contribution >= 4 is 11.8 Å². The summed E-state index contributed by atoms with van der Waals surface area (Å²) >= 11 is 1.56. The molecule has 3 nitrogen and oxygen atoms in total. The molecule has 23 heavy (non-hydrogen) atoms. The van der Waals surface area contributed by atoms with Crippen molar-refractivity contribution in [3.63, 3.8) is 0 Å². The molecule has 122 valence electrons. The lowest BCUT2D eigenvalue weighted by atomic mass is 10.2. The van der Waals surface area contributed by atoms with Crippen LogP contribution in [0, 0.1) is 5.82 Å². The molecular weight excluding hydrogens is 313 g/mol. The summed E-state index contributed by atoms with van der Waals surface area (Å²) in [5, 5.41) is 0. The summed E-state index contributed by atoms with van der Waals surface area (Å²) in [6.45, 7) is 5.15. The molecule has 0 saturated heterocycles. The van der Waals surface area contributed by atoms with Gasteiger partial charge in [-0.1, -0.05) is 25.1 Å². The van der Waals surface area contributed by atoms with Crippen molar-refractivity contribution < 1.29 is 13.9 Å². The van der Waals surface area contributed by atoms with E-state index in [2.05, 4.69) is 17.9 Å². The zero-order valence-corrected chi connectivity index (χ0v) is 13.9. The summed E-state index contributed by atoms with van der Waals surface area (Å²) < 4.78 is 24.4. The van der Waals surface area contributed by atoms with E-state index in [0.717, 1.165) is 36.9 Å². The van der Waals surface area contributed by atoms with Crippen LogP contribution < -0.4 is 9.47 Å². The number of thioether (sulfide) groups is 1. The first-order chi connectivity index (χ1) is 11.3. The van der Waals surface area contributed by atoms with Gasteiger partial charge in [0.25, 0.3) is 0 Å². The van der Waals surface area contributed by atoms with Crippen molar-refractivity contribution in [2.45, 2.75) is 18.4 Å². The Balaban J connectivity index is 1.53. The zero-order chi connectivity index (χ0) is 16.1. The molecule has 2 aromatic rings. The van der Waals surface area contributed by atoms with Gasteiger partial charge in [0.15, 0.2) is 11.5 Å². The fourth-order valence-corrected chi connectivity index (χ4v) is 3.44. The number of benzene rings is 2. The first-order valence-electron chi connectivity index (χ1n) is 7.74. The molecule has 0 atom stereocenters. The van der Waals surface area contributed by atoms with Gasteiger partial charge in [-0.25, -0.2) is 4.39 Å². The molecular formula is C18H20FNO2S. The molecule has 0 N–H and O–H groups in total. The Labute approximate surface area is 140 Å². The minimum atomic E-state index is -0.142. The third-order valence-electron chi connectivity index (χ3n) is 3.79. The van der Waals surface area contributed by atoms with E-state index in [1.807, 2.05) is 24.3 Å². The molecule has 1 aliphatic rings. The minimum absolute atomic E-state index is 0.142. The maximum Gasteiger partial charge on any atom is 0.231 e. The lowest BCUT2D eigenvalue weighted by Crippen LogP contribution is -2.25. The standard InChI is InChI=1S/C18H20FNO2S/c1-2-20(9-10-23-18-6-4-3-5-15(18)19)12-14-7-8-16-17(11-14)22-13-21-16/h3-8,11H,2,9-10,12-13H2,1H3. The summed E-state index contributed by atoms with van der Waals surface area (Å²) in [6, 6.07) is 13.0. The molecule has 0 saturated carbocycles. The molecule has 0 spiro atoms. The van der Waals surface area contributed by atoms with E-state index in [9.17, 15) is 4.39 Å². The van der Waals surface area contributed by atoms with E-state index < -0.39 is 0 Å². The Kier molecular flexibility index (Phi) is 5.41. The zero-order valence-electron chi connectivity index (χ0n) is 13.1. The molecule has 0 bridgehead atoms. The fraction of sp³-hybridized carbons (Fsp3) is 0.333. The predicted molar refractivity (Wildman–Crippen MR) is 90.6 cm³/mol. The fourth-order valence-electron chi connectivity index (χ4n) is 2.49. The van der Waals surface area contributed by atoms with Crippen molar-refractivity contribution in [1.82, 2.24) is 4.90 Å². The summed E-state index contributed by atoms with van der Waals surface area (Å²) in [6.07, 6.45) is 0. The highest BCUT2D eigenvalue weighted by Crippen LogP contribution is 2.32.